The summed E-state index contributed by atoms with van der Waals surface area (Å²) >= 11 is 0. The van der Waals surface area contributed by atoms with Gasteiger partial charge in [0.15, 0.2) is 0 Å². The van der Waals surface area contributed by atoms with Gasteiger partial charge in [-0.2, -0.15) is 0 Å². The van der Waals surface area contributed by atoms with Gasteiger partial charge in [-0.05, 0) is 36.8 Å². The number of nitrogens with one attached hydrogen (secondary N) is 1. The molecule has 0 atom stereocenters. The van der Waals surface area contributed by atoms with E-state index in [1.54, 1.807) is 18.2 Å². The first-order chi connectivity index (χ1) is 10.0. The topological polar surface area (TPSA) is 66.4 Å². The maximum Gasteiger partial charge on any atom is 0.335 e. The normalized spacial score (nSPS) is 10.5. The Morgan fingerprint density at radius 2 is 1.86 bits per heavy atom. The zero-order valence-corrected chi connectivity index (χ0v) is 11.5. The Kier molecular flexibility index (Phi) is 4.51. The minimum atomic E-state index is -1.03. The maximum absolute atomic E-state index is 11.8. The van der Waals surface area contributed by atoms with Crippen molar-refractivity contribution in [3.05, 3.63) is 71.3 Å². The summed E-state index contributed by atoms with van der Waals surface area (Å²) in [6.07, 6.45) is 3.13. The van der Waals surface area contributed by atoms with Crippen LogP contribution >= 0.6 is 0 Å². The minimum Gasteiger partial charge on any atom is -0.478 e. The number of carbonyl (C=O) groups is 2. The van der Waals surface area contributed by atoms with Gasteiger partial charge in [0.05, 0.1) is 5.56 Å². The lowest BCUT2D eigenvalue weighted by atomic mass is 10.1. The van der Waals surface area contributed by atoms with Gasteiger partial charge in [0.1, 0.15) is 0 Å². The average molecular weight is 281 g/mol. The van der Waals surface area contributed by atoms with Crippen LogP contribution in [0.25, 0.3) is 6.08 Å². The molecule has 106 valence electrons. The van der Waals surface area contributed by atoms with Crippen molar-refractivity contribution in [1.29, 1.82) is 0 Å². The summed E-state index contributed by atoms with van der Waals surface area (Å²) < 4.78 is 0. The number of aromatic carboxylic acids is 1. The highest BCUT2D eigenvalue weighted by molar-refractivity contribution is 6.02. The fraction of sp³-hybridized carbons (Fsp3) is 0.0588. The van der Waals surface area contributed by atoms with Gasteiger partial charge in [-0.1, -0.05) is 35.9 Å². The van der Waals surface area contributed by atoms with Crippen LogP contribution in [0.4, 0.5) is 5.69 Å². The molecule has 2 aromatic carbocycles. The van der Waals surface area contributed by atoms with E-state index >= 15 is 0 Å². The van der Waals surface area contributed by atoms with Crippen molar-refractivity contribution in [2.45, 2.75) is 6.92 Å². The molecule has 4 heteroatoms. The molecule has 0 aliphatic heterocycles. The molecule has 0 aliphatic rings. The number of amides is 1. The first-order valence-electron chi connectivity index (χ1n) is 6.44. The molecule has 0 fully saturated rings. The third-order valence-corrected chi connectivity index (χ3v) is 2.85. The summed E-state index contributed by atoms with van der Waals surface area (Å²) in [7, 11) is 0. The summed E-state index contributed by atoms with van der Waals surface area (Å²) in [4.78, 5) is 22.7. The Bertz CT molecular complexity index is 705. The summed E-state index contributed by atoms with van der Waals surface area (Å²) in [6, 6.07) is 13.9. The minimum absolute atomic E-state index is 0.135. The van der Waals surface area contributed by atoms with Crippen LogP contribution in [-0.2, 0) is 4.79 Å². The third kappa shape index (κ3) is 4.31. The molecule has 2 N–H and O–H groups in total. The number of rotatable bonds is 4. The smallest absolute Gasteiger partial charge is 0.335 e. The summed E-state index contributed by atoms with van der Waals surface area (Å²) in [5.74, 6) is -1.33. The molecule has 4 nitrogen and oxygen atoms in total. The monoisotopic (exact) mass is 281 g/mol. The fourth-order valence-corrected chi connectivity index (χ4v) is 1.86. The first kappa shape index (κ1) is 14.5. The van der Waals surface area contributed by atoms with E-state index in [1.165, 1.54) is 18.2 Å². The average Bonchev–Trinajstić information content (AvgIpc) is 2.45. The van der Waals surface area contributed by atoms with E-state index in [4.69, 9.17) is 5.11 Å². The summed E-state index contributed by atoms with van der Waals surface area (Å²) in [5, 5.41) is 11.5. The number of benzene rings is 2. The van der Waals surface area contributed by atoms with Crippen LogP contribution in [0.15, 0.2) is 54.6 Å². The Morgan fingerprint density at radius 3 is 2.57 bits per heavy atom. The van der Waals surface area contributed by atoms with Gasteiger partial charge in [-0.3, -0.25) is 4.79 Å². The van der Waals surface area contributed by atoms with E-state index < -0.39 is 5.97 Å². The number of anilines is 1. The molecule has 0 aromatic heterocycles. The molecular formula is C17H15NO3. The predicted octanol–water partition coefficient (Wildman–Crippen LogP) is 3.35. The van der Waals surface area contributed by atoms with Crippen LogP contribution in [0, 0.1) is 6.92 Å². The van der Waals surface area contributed by atoms with E-state index in [9.17, 15) is 9.59 Å². The van der Waals surface area contributed by atoms with Crippen molar-refractivity contribution in [3.8, 4) is 0 Å². The van der Waals surface area contributed by atoms with Crippen molar-refractivity contribution in [3.63, 3.8) is 0 Å². The molecule has 0 spiro atoms. The second kappa shape index (κ2) is 6.52. The second-order valence-electron chi connectivity index (χ2n) is 4.62. The van der Waals surface area contributed by atoms with Crippen molar-refractivity contribution in [2.75, 3.05) is 5.32 Å². The molecule has 0 radical (unpaired) electrons. The highest BCUT2D eigenvalue weighted by atomic mass is 16.4. The molecule has 0 aliphatic carbocycles. The van der Waals surface area contributed by atoms with E-state index in [0.29, 0.717) is 5.69 Å². The number of hydrogen-bond donors (Lipinski definition) is 2. The van der Waals surface area contributed by atoms with Gasteiger partial charge in [0, 0.05) is 11.8 Å². The van der Waals surface area contributed by atoms with Gasteiger partial charge < -0.3 is 10.4 Å². The number of carboxylic acids is 1. The highest BCUT2D eigenvalue weighted by Crippen LogP contribution is 2.11. The largest absolute Gasteiger partial charge is 0.478 e. The van der Waals surface area contributed by atoms with Crippen molar-refractivity contribution in [2.24, 2.45) is 0 Å². The van der Waals surface area contributed by atoms with Gasteiger partial charge >= 0.3 is 5.97 Å². The van der Waals surface area contributed by atoms with Crippen LogP contribution in [0.3, 0.4) is 0 Å². The summed E-state index contributed by atoms with van der Waals surface area (Å²) in [5.41, 5.74) is 2.64. The zero-order chi connectivity index (χ0) is 15.2. The van der Waals surface area contributed by atoms with E-state index in [1.807, 2.05) is 31.2 Å². The molecule has 2 rings (SSSR count). The molecule has 0 bridgehead atoms. The number of aryl methyl sites for hydroxylation is 1. The van der Waals surface area contributed by atoms with Gasteiger partial charge in [-0.25, -0.2) is 4.79 Å². The number of carbonyl (C=O) groups excluding carboxylic acids is 1. The molecule has 0 saturated heterocycles. The maximum atomic E-state index is 11.8. The molecule has 1 amide bonds. The van der Waals surface area contributed by atoms with Crippen LogP contribution in [0.2, 0.25) is 0 Å². The standard InChI is InChI=1S/C17H15NO3/c1-12-4-2-5-13(10-12)8-9-16(19)18-15-7-3-6-14(11-15)17(20)21/h2-11H,1H3,(H,18,19)(H,20,21)/b9-8+. The molecule has 21 heavy (non-hydrogen) atoms. The third-order valence-electron chi connectivity index (χ3n) is 2.85. The van der Waals surface area contributed by atoms with E-state index in [-0.39, 0.29) is 11.5 Å². The van der Waals surface area contributed by atoms with Crippen molar-refractivity contribution in [1.82, 2.24) is 0 Å². The number of hydrogen-bond acceptors (Lipinski definition) is 2. The van der Waals surface area contributed by atoms with Crippen molar-refractivity contribution < 1.29 is 14.7 Å². The summed E-state index contributed by atoms with van der Waals surface area (Å²) in [6.45, 7) is 1.98. The first-order valence-corrected chi connectivity index (χ1v) is 6.44. The molecule has 0 heterocycles. The molecule has 2 aromatic rings. The SMILES string of the molecule is Cc1cccc(/C=C/C(=O)Nc2cccc(C(=O)O)c2)c1. The van der Waals surface area contributed by atoms with Gasteiger partial charge in [0.25, 0.3) is 0 Å². The number of carboxylic acid groups (broad SMARTS) is 1. The Morgan fingerprint density at radius 1 is 1.10 bits per heavy atom. The van der Waals surface area contributed by atoms with Crippen LogP contribution in [0.5, 0.6) is 0 Å². The van der Waals surface area contributed by atoms with E-state index in [2.05, 4.69) is 5.32 Å². The lowest BCUT2D eigenvalue weighted by Crippen LogP contribution is -2.08. The molecule has 0 saturated carbocycles. The Hall–Kier alpha value is -2.88. The van der Waals surface area contributed by atoms with Crippen LogP contribution < -0.4 is 5.32 Å². The van der Waals surface area contributed by atoms with Gasteiger partial charge in [-0.15, -0.1) is 0 Å². The van der Waals surface area contributed by atoms with E-state index in [0.717, 1.165) is 11.1 Å². The molecule has 0 unspecified atom stereocenters. The Labute approximate surface area is 122 Å². The zero-order valence-electron chi connectivity index (χ0n) is 11.5. The predicted molar refractivity (Wildman–Crippen MR) is 82.2 cm³/mol. The highest BCUT2D eigenvalue weighted by Gasteiger charge is 2.04. The van der Waals surface area contributed by atoms with Crippen LogP contribution in [0.1, 0.15) is 21.5 Å². The van der Waals surface area contributed by atoms with Gasteiger partial charge in [0.2, 0.25) is 5.91 Å². The lowest BCUT2D eigenvalue weighted by molar-refractivity contribution is -0.111. The fourth-order valence-electron chi connectivity index (χ4n) is 1.86. The molecular weight excluding hydrogens is 266 g/mol. The van der Waals surface area contributed by atoms with Crippen LogP contribution in [-0.4, -0.2) is 17.0 Å². The lowest BCUT2D eigenvalue weighted by Gasteiger charge is -2.03. The van der Waals surface area contributed by atoms with Crippen molar-refractivity contribution >= 4 is 23.6 Å². The quantitative estimate of drug-likeness (QED) is 0.845. The Balaban J connectivity index is 2.05. The second-order valence-corrected chi connectivity index (χ2v) is 4.62.